The molecule has 4 nitrogen and oxygen atoms in total. The Balaban J connectivity index is 1.65. The Bertz CT molecular complexity index is 619. The third-order valence-electron chi connectivity index (χ3n) is 4.08. The van der Waals surface area contributed by atoms with Crippen molar-refractivity contribution in [2.24, 2.45) is 0 Å². The molecule has 24 heavy (non-hydrogen) atoms. The van der Waals surface area contributed by atoms with E-state index < -0.39 is 0 Å². The van der Waals surface area contributed by atoms with Gasteiger partial charge in [-0.15, -0.1) is 0 Å². The number of hydrogen-bond donors (Lipinski definition) is 1. The molecule has 130 valence electrons. The van der Waals surface area contributed by atoms with Crippen LogP contribution in [0, 0.1) is 6.92 Å². The lowest BCUT2D eigenvalue weighted by atomic mass is 10.1. The van der Waals surface area contributed by atoms with Crippen molar-refractivity contribution in [3.8, 4) is 0 Å². The molecule has 1 fully saturated rings. The molecule has 0 aromatic heterocycles. The molecule has 0 spiro atoms. The van der Waals surface area contributed by atoms with Crippen LogP contribution in [0.2, 0.25) is 0 Å². The smallest absolute Gasteiger partial charge is 0.241 e. The minimum atomic E-state index is -0.00242. The zero-order chi connectivity index (χ0) is 17.5. The summed E-state index contributed by atoms with van der Waals surface area (Å²) in [7, 11) is 0. The Hall–Kier alpha value is -1.40. The average molecular weight is 365 g/mol. The molecule has 1 atom stereocenters. The van der Waals surface area contributed by atoms with Gasteiger partial charge in [-0.25, -0.2) is 0 Å². The number of carbonyl (C=O) groups excluding carboxylic acids is 2. The number of amides is 2. The first kappa shape index (κ1) is 18.9. The van der Waals surface area contributed by atoms with Gasteiger partial charge in [0.05, 0.1) is 5.25 Å². The van der Waals surface area contributed by atoms with E-state index in [1.807, 2.05) is 38.1 Å². The van der Waals surface area contributed by atoms with Gasteiger partial charge in [0.1, 0.15) is 4.32 Å². The molecular weight excluding hydrogens is 340 g/mol. The number of aryl methyl sites for hydroxylation is 1. The minimum Gasteiger partial charge on any atom is -0.326 e. The topological polar surface area (TPSA) is 49.4 Å². The lowest BCUT2D eigenvalue weighted by molar-refractivity contribution is -0.126. The van der Waals surface area contributed by atoms with E-state index in [2.05, 4.69) is 5.32 Å². The first-order valence-corrected chi connectivity index (χ1v) is 9.69. The number of unbranched alkanes of at least 4 members (excludes halogenated alkanes) is 2. The molecular formula is C18H24N2O2S2. The summed E-state index contributed by atoms with van der Waals surface area (Å²) in [6, 6.07) is 7.76. The highest BCUT2D eigenvalue weighted by atomic mass is 32.2. The number of nitrogens with zero attached hydrogens (tertiary/aromatic N) is 1. The molecule has 0 saturated carbocycles. The van der Waals surface area contributed by atoms with Crippen LogP contribution in [-0.4, -0.2) is 32.8 Å². The number of carbonyl (C=O) groups is 2. The largest absolute Gasteiger partial charge is 0.326 e. The van der Waals surface area contributed by atoms with Gasteiger partial charge in [-0.1, -0.05) is 55.5 Å². The summed E-state index contributed by atoms with van der Waals surface area (Å²) in [6.07, 6.45) is 3.92. The molecule has 0 radical (unpaired) electrons. The van der Waals surface area contributed by atoms with Crippen LogP contribution in [0.25, 0.3) is 0 Å². The maximum absolute atomic E-state index is 12.1. The molecule has 1 aliphatic heterocycles. The van der Waals surface area contributed by atoms with E-state index in [9.17, 15) is 9.59 Å². The second kappa shape index (κ2) is 9.18. The molecule has 1 aromatic carbocycles. The molecule has 0 bridgehead atoms. The van der Waals surface area contributed by atoms with Crippen molar-refractivity contribution in [3.05, 3.63) is 29.8 Å². The van der Waals surface area contributed by atoms with Gasteiger partial charge in [0.25, 0.3) is 0 Å². The number of para-hydroxylation sites is 1. The highest BCUT2D eigenvalue weighted by molar-refractivity contribution is 8.24. The summed E-state index contributed by atoms with van der Waals surface area (Å²) in [4.78, 5) is 25.8. The normalized spacial score (nSPS) is 17.4. The van der Waals surface area contributed by atoms with E-state index in [1.54, 1.807) is 4.90 Å². The summed E-state index contributed by atoms with van der Waals surface area (Å²) in [6.45, 7) is 4.66. The van der Waals surface area contributed by atoms with Crippen LogP contribution in [0.3, 0.4) is 0 Å². The van der Waals surface area contributed by atoms with Gasteiger partial charge in [0.15, 0.2) is 0 Å². The predicted octanol–water partition coefficient (Wildman–Crippen LogP) is 4.13. The maximum atomic E-state index is 12.1. The van der Waals surface area contributed by atoms with Gasteiger partial charge >= 0.3 is 0 Å². The molecule has 1 saturated heterocycles. The summed E-state index contributed by atoms with van der Waals surface area (Å²) in [5.74, 6) is 0.184. The fourth-order valence-corrected chi connectivity index (χ4v) is 4.09. The van der Waals surface area contributed by atoms with Crippen LogP contribution in [-0.2, 0) is 9.59 Å². The van der Waals surface area contributed by atoms with Crippen molar-refractivity contribution in [1.29, 1.82) is 0 Å². The van der Waals surface area contributed by atoms with E-state index in [4.69, 9.17) is 12.2 Å². The Labute approximate surface area is 153 Å². The van der Waals surface area contributed by atoms with Crippen LogP contribution in [0.1, 0.15) is 44.6 Å². The summed E-state index contributed by atoms with van der Waals surface area (Å²) >= 11 is 6.77. The third-order valence-corrected chi connectivity index (χ3v) is 5.83. The van der Waals surface area contributed by atoms with Crippen LogP contribution in [0.4, 0.5) is 5.69 Å². The maximum Gasteiger partial charge on any atom is 0.241 e. The van der Waals surface area contributed by atoms with Crippen LogP contribution in [0.5, 0.6) is 0 Å². The Morgan fingerprint density at radius 1 is 1.29 bits per heavy atom. The number of benzene rings is 1. The molecule has 1 heterocycles. The van der Waals surface area contributed by atoms with Gasteiger partial charge < -0.3 is 5.32 Å². The fourth-order valence-electron chi connectivity index (χ4n) is 2.62. The van der Waals surface area contributed by atoms with E-state index in [1.165, 1.54) is 11.8 Å². The summed E-state index contributed by atoms with van der Waals surface area (Å²) < 4.78 is 0.698. The number of hydrogen-bond acceptors (Lipinski definition) is 4. The number of nitrogens with one attached hydrogen (secondary N) is 1. The second-order valence-corrected chi connectivity index (χ2v) is 7.78. The lowest BCUT2D eigenvalue weighted by Gasteiger charge is -2.15. The van der Waals surface area contributed by atoms with Crippen molar-refractivity contribution in [3.63, 3.8) is 0 Å². The summed E-state index contributed by atoms with van der Waals surface area (Å²) in [5, 5.41) is 2.94. The van der Waals surface area contributed by atoms with E-state index >= 15 is 0 Å². The Kier molecular flexibility index (Phi) is 7.24. The minimum absolute atomic E-state index is 0.00242. The van der Waals surface area contributed by atoms with Gasteiger partial charge in [-0.3, -0.25) is 14.5 Å². The standard InChI is InChI=1S/C18H24N2O2S2/c1-3-15-17(22)20(18(23)24-15)12-8-4-5-11-16(21)19-14-10-7-6-9-13(14)2/h6-7,9-10,15H,3-5,8,11-12H2,1-2H3,(H,19,21). The molecule has 1 unspecified atom stereocenters. The first-order valence-electron chi connectivity index (χ1n) is 8.40. The second-order valence-electron chi connectivity index (χ2n) is 5.94. The zero-order valence-corrected chi connectivity index (χ0v) is 15.8. The quantitative estimate of drug-likeness (QED) is 0.556. The van der Waals surface area contributed by atoms with Gasteiger partial charge in [-0.05, 0) is 37.8 Å². The predicted molar refractivity (Wildman–Crippen MR) is 104 cm³/mol. The lowest BCUT2D eigenvalue weighted by Crippen LogP contribution is -2.32. The van der Waals surface area contributed by atoms with Gasteiger partial charge in [0, 0.05) is 18.7 Å². The van der Waals surface area contributed by atoms with Crippen LogP contribution in [0.15, 0.2) is 24.3 Å². The molecule has 1 aromatic rings. The third kappa shape index (κ3) is 5.05. The van der Waals surface area contributed by atoms with Crippen molar-refractivity contribution >= 4 is 45.8 Å². The van der Waals surface area contributed by atoms with E-state index in [-0.39, 0.29) is 17.1 Å². The zero-order valence-electron chi connectivity index (χ0n) is 14.2. The molecule has 1 aliphatic rings. The number of anilines is 1. The van der Waals surface area contributed by atoms with Gasteiger partial charge in [0.2, 0.25) is 11.8 Å². The highest BCUT2D eigenvalue weighted by Crippen LogP contribution is 2.29. The Morgan fingerprint density at radius 3 is 2.71 bits per heavy atom. The van der Waals surface area contributed by atoms with Crippen molar-refractivity contribution in [1.82, 2.24) is 4.90 Å². The molecule has 6 heteroatoms. The first-order chi connectivity index (χ1) is 11.5. The fraction of sp³-hybridized carbons (Fsp3) is 0.500. The average Bonchev–Trinajstić information content (AvgIpc) is 2.83. The van der Waals surface area contributed by atoms with Crippen molar-refractivity contribution in [2.45, 2.75) is 51.2 Å². The monoisotopic (exact) mass is 364 g/mol. The molecule has 2 rings (SSSR count). The van der Waals surface area contributed by atoms with Gasteiger partial charge in [-0.2, -0.15) is 0 Å². The van der Waals surface area contributed by atoms with Crippen molar-refractivity contribution < 1.29 is 9.59 Å². The van der Waals surface area contributed by atoms with E-state index in [0.29, 0.717) is 17.3 Å². The summed E-state index contributed by atoms with van der Waals surface area (Å²) in [5.41, 5.74) is 1.94. The molecule has 0 aliphatic carbocycles. The van der Waals surface area contributed by atoms with Crippen molar-refractivity contribution in [2.75, 3.05) is 11.9 Å². The number of thiocarbonyl (C=S) groups is 1. The molecule has 2 amide bonds. The Morgan fingerprint density at radius 2 is 2.04 bits per heavy atom. The van der Waals surface area contributed by atoms with E-state index in [0.717, 1.165) is 36.9 Å². The number of thioether (sulfide) groups is 1. The highest BCUT2D eigenvalue weighted by Gasteiger charge is 2.34. The van der Waals surface area contributed by atoms with Crippen LogP contribution < -0.4 is 5.32 Å². The van der Waals surface area contributed by atoms with Crippen LogP contribution >= 0.6 is 24.0 Å². The molecule has 1 N–H and O–H groups in total. The number of rotatable bonds is 8. The SMILES string of the molecule is CCC1SC(=S)N(CCCCCC(=O)Nc2ccccc2C)C1=O.